The molecule has 5 nitrogen and oxygen atoms in total. The van der Waals surface area contributed by atoms with Gasteiger partial charge in [0.25, 0.3) is 0 Å². The molecule has 1 heterocycles. The first-order valence-corrected chi connectivity index (χ1v) is 9.20. The van der Waals surface area contributed by atoms with Crippen LogP contribution in [0, 0.1) is 5.82 Å². The van der Waals surface area contributed by atoms with Crippen LogP contribution in [0.25, 0.3) is 0 Å². The van der Waals surface area contributed by atoms with E-state index in [-0.39, 0.29) is 28.8 Å². The summed E-state index contributed by atoms with van der Waals surface area (Å²) in [6, 6.07) is 10.2. The van der Waals surface area contributed by atoms with E-state index in [0.29, 0.717) is 30.6 Å². The highest BCUT2D eigenvalue weighted by atomic mass is 19.4. The average molecular weight is 416 g/mol. The molecule has 1 aromatic heterocycles. The van der Waals surface area contributed by atoms with Gasteiger partial charge in [0.1, 0.15) is 11.6 Å². The minimum absolute atomic E-state index is 0.133. The van der Waals surface area contributed by atoms with Crippen LogP contribution in [-0.2, 0) is 12.6 Å². The van der Waals surface area contributed by atoms with Gasteiger partial charge in [0.2, 0.25) is 5.95 Å². The molecule has 9 heteroatoms. The number of aryl methyl sites for hydroxylation is 1. The Morgan fingerprint density at radius 3 is 2.40 bits per heavy atom. The van der Waals surface area contributed by atoms with Crippen LogP contribution in [0.2, 0.25) is 0 Å². The highest BCUT2D eigenvalue weighted by Gasteiger charge is 2.31. The van der Waals surface area contributed by atoms with Crippen molar-refractivity contribution in [3.8, 4) is 0 Å². The third-order valence-corrected chi connectivity index (χ3v) is 4.63. The second kappa shape index (κ2) is 7.74. The smallest absolute Gasteiger partial charge is 0.339 e. The molecule has 0 atom stereocenters. The molecule has 4 rings (SSSR count). The molecule has 3 aromatic rings. The molecular weight excluding hydrogens is 400 g/mol. The normalized spacial score (nSPS) is 13.7. The van der Waals surface area contributed by atoms with Crippen molar-refractivity contribution in [3.63, 3.8) is 0 Å². The molecule has 1 aliphatic carbocycles. The monoisotopic (exact) mass is 416 g/mol. The number of rotatable bonds is 4. The molecule has 1 aliphatic rings. The van der Waals surface area contributed by atoms with E-state index in [1.54, 1.807) is 0 Å². The number of carbonyl (C=O) groups is 1. The number of hydrogen-bond donors (Lipinski definition) is 2. The summed E-state index contributed by atoms with van der Waals surface area (Å²) in [5.41, 5.74) is 0.662. The molecular formula is C21H16F4N4O. The number of alkyl halides is 3. The Balaban J connectivity index is 1.72. The number of carbonyl (C=O) groups excluding carboxylic acids is 1. The Morgan fingerprint density at radius 2 is 1.67 bits per heavy atom. The summed E-state index contributed by atoms with van der Waals surface area (Å²) in [4.78, 5) is 21.2. The highest BCUT2D eigenvalue weighted by Crippen LogP contribution is 2.33. The van der Waals surface area contributed by atoms with Crippen LogP contribution in [0.15, 0.2) is 48.5 Å². The SMILES string of the molecule is O=C1CCCc2nc(Nc3ccc(F)cc3)nc(Nc3cccc(C(F)(F)F)c3)c21. The lowest BCUT2D eigenvalue weighted by Gasteiger charge is -2.19. The Morgan fingerprint density at radius 1 is 0.900 bits per heavy atom. The number of ketones is 1. The van der Waals surface area contributed by atoms with Crippen molar-refractivity contribution < 1.29 is 22.4 Å². The van der Waals surface area contributed by atoms with Gasteiger partial charge in [-0.25, -0.2) is 9.37 Å². The predicted octanol–water partition coefficient (Wildman–Crippen LogP) is 5.64. The molecule has 0 saturated carbocycles. The van der Waals surface area contributed by atoms with Crippen molar-refractivity contribution in [2.24, 2.45) is 0 Å². The molecule has 0 fully saturated rings. The zero-order chi connectivity index (χ0) is 21.3. The first kappa shape index (κ1) is 19.8. The Kier molecular flexibility index (Phi) is 5.11. The lowest BCUT2D eigenvalue weighted by atomic mass is 9.95. The van der Waals surface area contributed by atoms with E-state index < -0.39 is 17.6 Å². The summed E-state index contributed by atoms with van der Waals surface area (Å²) in [5, 5.41) is 5.78. The maximum atomic E-state index is 13.1. The molecule has 30 heavy (non-hydrogen) atoms. The Hall–Kier alpha value is -3.49. The first-order valence-electron chi connectivity index (χ1n) is 9.20. The second-order valence-electron chi connectivity index (χ2n) is 6.83. The molecule has 0 saturated heterocycles. The van der Waals surface area contributed by atoms with E-state index in [0.717, 1.165) is 12.1 Å². The fourth-order valence-corrected chi connectivity index (χ4v) is 3.24. The van der Waals surface area contributed by atoms with Crippen LogP contribution in [0.1, 0.15) is 34.5 Å². The van der Waals surface area contributed by atoms with Gasteiger partial charge < -0.3 is 10.6 Å². The summed E-state index contributed by atoms with van der Waals surface area (Å²) in [7, 11) is 0. The van der Waals surface area contributed by atoms with Gasteiger partial charge in [0.05, 0.1) is 16.8 Å². The van der Waals surface area contributed by atoms with Gasteiger partial charge in [-0.3, -0.25) is 4.79 Å². The van der Waals surface area contributed by atoms with Gasteiger partial charge in [-0.05, 0) is 55.3 Å². The second-order valence-corrected chi connectivity index (χ2v) is 6.83. The number of hydrogen-bond acceptors (Lipinski definition) is 5. The number of nitrogens with zero attached hydrogens (tertiary/aromatic N) is 2. The number of aromatic nitrogens is 2. The average Bonchev–Trinajstić information content (AvgIpc) is 2.69. The summed E-state index contributed by atoms with van der Waals surface area (Å²) in [5.74, 6) is -0.276. The quantitative estimate of drug-likeness (QED) is 0.539. The molecule has 2 aromatic carbocycles. The van der Waals surface area contributed by atoms with E-state index in [1.807, 2.05) is 0 Å². The number of benzene rings is 2. The van der Waals surface area contributed by atoms with E-state index in [2.05, 4.69) is 20.6 Å². The number of Topliss-reactive ketones (excluding diaryl/α,β-unsaturated/α-hetero) is 1. The van der Waals surface area contributed by atoms with E-state index in [1.165, 1.54) is 36.4 Å². The first-order chi connectivity index (χ1) is 14.3. The van der Waals surface area contributed by atoms with Crippen molar-refractivity contribution in [2.75, 3.05) is 10.6 Å². The third kappa shape index (κ3) is 4.24. The molecule has 0 amide bonds. The minimum Gasteiger partial charge on any atom is -0.339 e. The van der Waals surface area contributed by atoms with Gasteiger partial charge in [-0.2, -0.15) is 18.2 Å². The molecule has 0 radical (unpaired) electrons. The lowest BCUT2D eigenvalue weighted by Crippen LogP contribution is -2.18. The van der Waals surface area contributed by atoms with Crippen LogP contribution in [0.5, 0.6) is 0 Å². The molecule has 0 bridgehead atoms. The summed E-state index contributed by atoms with van der Waals surface area (Å²) in [6.07, 6.45) is -3.01. The molecule has 0 unspecified atom stereocenters. The molecule has 0 aliphatic heterocycles. The number of nitrogens with one attached hydrogen (secondary N) is 2. The topological polar surface area (TPSA) is 66.9 Å². The fraction of sp³-hybridized carbons (Fsp3) is 0.190. The zero-order valence-electron chi connectivity index (χ0n) is 15.6. The summed E-state index contributed by atoms with van der Waals surface area (Å²) >= 11 is 0. The molecule has 154 valence electrons. The third-order valence-electron chi connectivity index (χ3n) is 4.63. The van der Waals surface area contributed by atoms with Gasteiger partial charge >= 0.3 is 6.18 Å². The predicted molar refractivity (Wildman–Crippen MR) is 104 cm³/mol. The van der Waals surface area contributed by atoms with Gasteiger partial charge in [-0.1, -0.05) is 6.07 Å². The van der Waals surface area contributed by atoms with Gasteiger partial charge in [0, 0.05) is 17.8 Å². The van der Waals surface area contributed by atoms with Crippen molar-refractivity contribution in [1.29, 1.82) is 0 Å². The van der Waals surface area contributed by atoms with E-state index >= 15 is 0 Å². The van der Waals surface area contributed by atoms with Gasteiger partial charge in [0.15, 0.2) is 5.78 Å². The summed E-state index contributed by atoms with van der Waals surface area (Å²) in [6.45, 7) is 0. The summed E-state index contributed by atoms with van der Waals surface area (Å²) < 4.78 is 52.2. The molecule has 0 spiro atoms. The van der Waals surface area contributed by atoms with Crippen molar-refractivity contribution in [2.45, 2.75) is 25.4 Å². The van der Waals surface area contributed by atoms with Crippen LogP contribution in [0.4, 0.5) is 40.7 Å². The zero-order valence-corrected chi connectivity index (χ0v) is 15.6. The largest absolute Gasteiger partial charge is 0.416 e. The maximum absolute atomic E-state index is 13.1. The van der Waals surface area contributed by atoms with E-state index in [4.69, 9.17) is 0 Å². The fourth-order valence-electron chi connectivity index (χ4n) is 3.24. The number of fused-ring (bicyclic) bond motifs is 1. The van der Waals surface area contributed by atoms with Crippen LogP contribution in [0.3, 0.4) is 0 Å². The standard InChI is InChI=1S/C21H16F4N4O/c22-13-7-9-14(10-8-13)27-20-28-16-5-2-6-17(30)18(16)19(29-20)26-15-4-1-3-12(11-15)21(23,24)25/h1,3-4,7-11H,2,5-6H2,(H2,26,27,28,29). The van der Waals surface area contributed by atoms with Crippen LogP contribution >= 0.6 is 0 Å². The Bertz CT molecular complexity index is 1100. The highest BCUT2D eigenvalue weighted by molar-refractivity contribution is 6.03. The van der Waals surface area contributed by atoms with Crippen molar-refractivity contribution in [3.05, 3.63) is 71.2 Å². The van der Waals surface area contributed by atoms with E-state index in [9.17, 15) is 22.4 Å². The lowest BCUT2D eigenvalue weighted by molar-refractivity contribution is -0.137. The molecule has 2 N–H and O–H groups in total. The van der Waals surface area contributed by atoms with Gasteiger partial charge in [-0.15, -0.1) is 0 Å². The van der Waals surface area contributed by atoms with Crippen LogP contribution in [-0.4, -0.2) is 15.8 Å². The Labute approximate surface area is 169 Å². The minimum atomic E-state index is -4.49. The van der Waals surface area contributed by atoms with Crippen LogP contribution < -0.4 is 10.6 Å². The number of anilines is 4. The van der Waals surface area contributed by atoms with Crippen molar-refractivity contribution in [1.82, 2.24) is 9.97 Å². The number of halogens is 4. The van der Waals surface area contributed by atoms with Crippen molar-refractivity contribution >= 4 is 28.9 Å². The maximum Gasteiger partial charge on any atom is 0.416 e.